The van der Waals surface area contributed by atoms with Crippen LogP contribution in [-0.4, -0.2) is 25.9 Å². The fraction of sp³-hybridized carbons (Fsp3) is 0.316. The summed E-state index contributed by atoms with van der Waals surface area (Å²) in [7, 11) is 1.65. The Hall–Kier alpha value is -2.73. The predicted molar refractivity (Wildman–Crippen MR) is 94.0 cm³/mol. The van der Waals surface area contributed by atoms with E-state index in [0.29, 0.717) is 17.2 Å². The topological polar surface area (TPSA) is 73.4 Å². The zero-order valence-corrected chi connectivity index (χ0v) is 14.6. The molecule has 0 radical (unpaired) electrons. The van der Waals surface area contributed by atoms with Crippen molar-refractivity contribution in [2.75, 3.05) is 19.2 Å². The Balaban J connectivity index is 1.62. The molecule has 0 unspecified atom stereocenters. The first kappa shape index (κ1) is 17.1. The van der Waals surface area contributed by atoms with Gasteiger partial charge < -0.3 is 24.8 Å². The number of rotatable bonds is 6. The molecule has 6 nitrogen and oxygen atoms in total. The average Bonchev–Trinajstić information content (AvgIpc) is 3.09. The molecule has 0 saturated carbocycles. The molecule has 2 aromatic carbocycles. The summed E-state index contributed by atoms with van der Waals surface area (Å²) in [6, 6.07) is 13.1. The van der Waals surface area contributed by atoms with Gasteiger partial charge in [-0.3, -0.25) is 4.79 Å². The van der Waals surface area contributed by atoms with Gasteiger partial charge in [0.1, 0.15) is 11.8 Å². The first-order valence-electron chi connectivity index (χ1n) is 8.27. The summed E-state index contributed by atoms with van der Waals surface area (Å²) in [6.45, 7) is 4.16. The third-order valence-electron chi connectivity index (χ3n) is 4.26. The molecule has 0 spiro atoms. The van der Waals surface area contributed by atoms with E-state index in [9.17, 15) is 4.79 Å². The Morgan fingerprint density at radius 3 is 2.72 bits per heavy atom. The number of carbonyl (C=O) groups excluding carboxylic acids is 1. The number of hydrogen-bond donors (Lipinski definition) is 2. The summed E-state index contributed by atoms with van der Waals surface area (Å²) < 4.78 is 16.0. The van der Waals surface area contributed by atoms with Crippen molar-refractivity contribution in [3.63, 3.8) is 0 Å². The number of para-hydroxylation sites is 1. The van der Waals surface area contributed by atoms with Gasteiger partial charge in [-0.2, -0.15) is 0 Å². The van der Waals surface area contributed by atoms with Crippen LogP contribution in [0.15, 0.2) is 42.5 Å². The van der Waals surface area contributed by atoms with E-state index in [2.05, 4.69) is 12.2 Å². The minimum atomic E-state index is -0.259. The quantitative estimate of drug-likeness (QED) is 0.842. The molecule has 0 bridgehead atoms. The number of methoxy groups -OCH3 is 1. The van der Waals surface area contributed by atoms with Crippen LogP contribution >= 0.6 is 0 Å². The van der Waals surface area contributed by atoms with Crippen LogP contribution in [0, 0.1) is 0 Å². The van der Waals surface area contributed by atoms with Crippen molar-refractivity contribution in [1.29, 1.82) is 0 Å². The molecule has 0 fully saturated rings. The number of fused-ring (bicyclic) bond motifs is 1. The molecule has 1 heterocycles. The van der Waals surface area contributed by atoms with Crippen LogP contribution in [0.1, 0.15) is 25.5 Å². The fourth-order valence-corrected chi connectivity index (χ4v) is 2.90. The highest BCUT2D eigenvalue weighted by atomic mass is 16.7. The maximum absolute atomic E-state index is 12.5. The highest BCUT2D eigenvalue weighted by molar-refractivity contribution is 5.93. The zero-order valence-electron chi connectivity index (χ0n) is 14.6. The Labute approximate surface area is 147 Å². The summed E-state index contributed by atoms with van der Waals surface area (Å²) in [5, 5.41) is 4.93. The van der Waals surface area contributed by atoms with Gasteiger partial charge in [-0.05, 0) is 38.1 Å². The highest BCUT2D eigenvalue weighted by Gasteiger charge is 2.23. The Kier molecular flexibility index (Phi) is 5.09. The number of nitrogens with one attached hydrogen (secondary N) is 1. The van der Waals surface area contributed by atoms with E-state index in [1.807, 2.05) is 42.6 Å². The number of benzene rings is 2. The predicted octanol–water partition coefficient (Wildman–Crippen LogP) is 2.08. The second-order valence-corrected chi connectivity index (χ2v) is 6.07. The van der Waals surface area contributed by atoms with Crippen LogP contribution in [0.5, 0.6) is 17.2 Å². The van der Waals surface area contributed by atoms with Gasteiger partial charge in [0.15, 0.2) is 17.5 Å². The van der Waals surface area contributed by atoms with Gasteiger partial charge in [0, 0.05) is 11.8 Å². The summed E-state index contributed by atoms with van der Waals surface area (Å²) in [6.07, 6.45) is 0. The molecule has 1 amide bonds. The SMILES string of the molecule is COc1ccccc1[C@@H](C)[NH2+][C@H](C)C(=O)Nc1ccc2c(c1)OCO2. The summed E-state index contributed by atoms with van der Waals surface area (Å²) in [4.78, 5) is 12.5. The number of anilines is 1. The smallest absolute Gasteiger partial charge is 0.282 e. The molecule has 3 N–H and O–H groups in total. The van der Waals surface area contributed by atoms with E-state index < -0.39 is 0 Å². The van der Waals surface area contributed by atoms with Gasteiger partial charge in [-0.1, -0.05) is 12.1 Å². The Morgan fingerprint density at radius 1 is 1.16 bits per heavy atom. The summed E-state index contributed by atoms with van der Waals surface area (Å²) >= 11 is 0. The third-order valence-corrected chi connectivity index (χ3v) is 4.26. The average molecular weight is 343 g/mol. The number of quaternary nitrogens is 1. The zero-order chi connectivity index (χ0) is 17.8. The first-order valence-corrected chi connectivity index (χ1v) is 8.27. The van der Waals surface area contributed by atoms with Gasteiger partial charge in [0.2, 0.25) is 6.79 Å². The van der Waals surface area contributed by atoms with Crippen molar-refractivity contribution in [2.45, 2.75) is 25.9 Å². The second-order valence-electron chi connectivity index (χ2n) is 6.07. The molecule has 132 valence electrons. The molecule has 2 aromatic rings. The number of amides is 1. The summed E-state index contributed by atoms with van der Waals surface area (Å²) in [5.74, 6) is 2.11. The van der Waals surface area contributed by atoms with E-state index in [1.165, 1.54) is 0 Å². The molecular weight excluding hydrogens is 320 g/mol. The molecular formula is C19H23N2O4+. The van der Waals surface area contributed by atoms with Crippen molar-refractivity contribution in [3.05, 3.63) is 48.0 Å². The van der Waals surface area contributed by atoms with Crippen LogP contribution in [-0.2, 0) is 4.79 Å². The standard InChI is InChI=1S/C19H22N2O4/c1-12(15-6-4-5-7-16(15)23-3)20-13(2)19(22)21-14-8-9-17-18(10-14)25-11-24-17/h4-10,12-13,20H,11H2,1-3H3,(H,21,22)/p+1/t12-,13-/m1/s1. The van der Waals surface area contributed by atoms with Crippen molar-refractivity contribution in [3.8, 4) is 17.2 Å². The molecule has 0 saturated heterocycles. The highest BCUT2D eigenvalue weighted by Crippen LogP contribution is 2.34. The van der Waals surface area contributed by atoms with E-state index >= 15 is 0 Å². The number of nitrogens with two attached hydrogens (primary N) is 1. The lowest BCUT2D eigenvalue weighted by Crippen LogP contribution is -2.91. The summed E-state index contributed by atoms with van der Waals surface area (Å²) in [5.41, 5.74) is 1.76. The Bertz CT molecular complexity index is 763. The second kappa shape index (κ2) is 7.44. The van der Waals surface area contributed by atoms with Gasteiger partial charge in [0.25, 0.3) is 5.91 Å². The van der Waals surface area contributed by atoms with Crippen LogP contribution in [0.3, 0.4) is 0 Å². The lowest BCUT2D eigenvalue weighted by molar-refractivity contribution is -0.709. The van der Waals surface area contributed by atoms with E-state index in [4.69, 9.17) is 14.2 Å². The molecule has 0 aliphatic carbocycles. The molecule has 0 aromatic heterocycles. The van der Waals surface area contributed by atoms with Crippen molar-refractivity contribution >= 4 is 11.6 Å². The van der Waals surface area contributed by atoms with Crippen molar-refractivity contribution in [2.24, 2.45) is 0 Å². The van der Waals surface area contributed by atoms with E-state index in [0.717, 1.165) is 11.3 Å². The fourth-order valence-electron chi connectivity index (χ4n) is 2.90. The van der Waals surface area contributed by atoms with E-state index in [-0.39, 0.29) is 24.8 Å². The van der Waals surface area contributed by atoms with Crippen molar-refractivity contribution < 1.29 is 24.3 Å². The molecule has 2 atom stereocenters. The minimum Gasteiger partial charge on any atom is -0.496 e. The van der Waals surface area contributed by atoms with Gasteiger partial charge >= 0.3 is 0 Å². The number of carbonyl (C=O) groups is 1. The largest absolute Gasteiger partial charge is 0.496 e. The van der Waals surface area contributed by atoms with Crippen LogP contribution < -0.4 is 24.8 Å². The van der Waals surface area contributed by atoms with Gasteiger partial charge in [0.05, 0.1) is 12.7 Å². The van der Waals surface area contributed by atoms with Crippen LogP contribution in [0.2, 0.25) is 0 Å². The number of ether oxygens (including phenoxy) is 3. The maximum atomic E-state index is 12.5. The first-order chi connectivity index (χ1) is 12.1. The van der Waals surface area contributed by atoms with E-state index in [1.54, 1.807) is 19.2 Å². The van der Waals surface area contributed by atoms with Gasteiger partial charge in [-0.25, -0.2) is 0 Å². The normalized spacial score (nSPS) is 14.7. The lowest BCUT2D eigenvalue weighted by atomic mass is 10.1. The third kappa shape index (κ3) is 3.85. The molecule has 1 aliphatic rings. The maximum Gasteiger partial charge on any atom is 0.282 e. The Morgan fingerprint density at radius 2 is 1.92 bits per heavy atom. The van der Waals surface area contributed by atoms with Crippen LogP contribution in [0.25, 0.3) is 0 Å². The minimum absolute atomic E-state index is 0.0689. The molecule has 25 heavy (non-hydrogen) atoms. The molecule has 6 heteroatoms. The van der Waals surface area contributed by atoms with Gasteiger partial charge in [-0.15, -0.1) is 0 Å². The monoisotopic (exact) mass is 343 g/mol. The lowest BCUT2D eigenvalue weighted by Gasteiger charge is -2.18. The molecule has 3 rings (SSSR count). The number of hydrogen-bond acceptors (Lipinski definition) is 4. The van der Waals surface area contributed by atoms with Crippen molar-refractivity contribution in [1.82, 2.24) is 0 Å². The van der Waals surface area contributed by atoms with Crippen LogP contribution in [0.4, 0.5) is 5.69 Å². The molecule has 1 aliphatic heterocycles.